The number of aromatic nitrogens is 2. The Labute approximate surface area is 100 Å². The molecule has 1 saturated carbocycles. The highest BCUT2D eigenvalue weighted by atomic mass is 32.2. The summed E-state index contributed by atoms with van der Waals surface area (Å²) < 4.78 is 27.0. The van der Waals surface area contributed by atoms with Crippen LogP contribution >= 0.6 is 0 Å². The SMILES string of the molecule is Cc1n[nH]c(C)c1S(=O)(=O)NC1(CO)CCC1. The summed E-state index contributed by atoms with van der Waals surface area (Å²) in [4.78, 5) is 0.192. The average Bonchev–Trinajstić information content (AvgIpc) is 2.53. The van der Waals surface area contributed by atoms with Crippen LogP contribution in [0.25, 0.3) is 0 Å². The maximum absolute atomic E-state index is 12.2. The van der Waals surface area contributed by atoms with Crippen molar-refractivity contribution in [2.45, 2.75) is 43.5 Å². The van der Waals surface area contributed by atoms with Gasteiger partial charge in [-0.3, -0.25) is 5.10 Å². The van der Waals surface area contributed by atoms with Gasteiger partial charge in [-0.05, 0) is 33.1 Å². The Kier molecular flexibility index (Phi) is 3.01. The smallest absolute Gasteiger partial charge is 0.244 e. The van der Waals surface area contributed by atoms with E-state index in [0.29, 0.717) is 24.2 Å². The molecule has 1 fully saturated rings. The molecule has 1 aliphatic rings. The molecule has 0 aliphatic heterocycles. The minimum Gasteiger partial charge on any atom is -0.394 e. The largest absolute Gasteiger partial charge is 0.394 e. The fourth-order valence-electron chi connectivity index (χ4n) is 2.17. The van der Waals surface area contributed by atoms with E-state index in [0.717, 1.165) is 6.42 Å². The van der Waals surface area contributed by atoms with Gasteiger partial charge in [-0.1, -0.05) is 0 Å². The first-order valence-electron chi connectivity index (χ1n) is 5.57. The zero-order chi connectivity index (χ0) is 12.7. The normalized spacial score (nSPS) is 19.0. The average molecular weight is 259 g/mol. The predicted octanol–water partition coefficient (Wildman–Crippen LogP) is 0.220. The quantitative estimate of drug-likeness (QED) is 0.721. The Morgan fingerprint density at radius 3 is 2.47 bits per heavy atom. The lowest BCUT2D eigenvalue weighted by molar-refractivity contribution is 0.110. The Morgan fingerprint density at radius 2 is 2.12 bits per heavy atom. The second-order valence-corrected chi connectivity index (χ2v) is 6.28. The lowest BCUT2D eigenvalue weighted by Gasteiger charge is -2.40. The summed E-state index contributed by atoms with van der Waals surface area (Å²) in [6, 6.07) is 0. The van der Waals surface area contributed by atoms with Crippen molar-refractivity contribution in [1.82, 2.24) is 14.9 Å². The Morgan fingerprint density at radius 1 is 1.47 bits per heavy atom. The van der Waals surface area contributed by atoms with Crippen LogP contribution in [-0.2, 0) is 10.0 Å². The molecule has 96 valence electrons. The molecule has 0 unspecified atom stereocenters. The van der Waals surface area contributed by atoms with E-state index in [-0.39, 0.29) is 11.5 Å². The molecule has 1 aromatic heterocycles. The van der Waals surface area contributed by atoms with Gasteiger partial charge in [0, 0.05) is 0 Å². The van der Waals surface area contributed by atoms with Gasteiger partial charge < -0.3 is 5.11 Å². The first-order valence-corrected chi connectivity index (χ1v) is 7.05. The third-order valence-electron chi connectivity index (χ3n) is 3.29. The van der Waals surface area contributed by atoms with E-state index in [9.17, 15) is 13.5 Å². The van der Waals surface area contributed by atoms with Crippen LogP contribution in [0.1, 0.15) is 30.7 Å². The zero-order valence-corrected chi connectivity index (χ0v) is 10.8. The Hall–Kier alpha value is -0.920. The second kappa shape index (κ2) is 4.08. The molecular weight excluding hydrogens is 242 g/mol. The first-order chi connectivity index (χ1) is 7.90. The van der Waals surface area contributed by atoms with Gasteiger partial charge in [0.2, 0.25) is 10.0 Å². The molecule has 3 N–H and O–H groups in total. The highest BCUT2D eigenvalue weighted by Gasteiger charge is 2.41. The molecule has 0 spiro atoms. The number of aliphatic hydroxyl groups excluding tert-OH is 1. The van der Waals surface area contributed by atoms with Crippen molar-refractivity contribution in [3.05, 3.63) is 11.4 Å². The van der Waals surface area contributed by atoms with Gasteiger partial charge in [-0.25, -0.2) is 13.1 Å². The molecule has 0 saturated heterocycles. The van der Waals surface area contributed by atoms with Gasteiger partial charge in [-0.2, -0.15) is 5.10 Å². The van der Waals surface area contributed by atoms with Gasteiger partial charge >= 0.3 is 0 Å². The topological polar surface area (TPSA) is 95.1 Å². The van der Waals surface area contributed by atoms with Gasteiger partial charge in [0.15, 0.2) is 0 Å². The van der Waals surface area contributed by atoms with E-state index < -0.39 is 15.6 Å². The van der Waals surface area contributed by atoms with Crippen LogP contribution < -0.4 is 4.72 Å². The number of hydrogen-bond donors (Lipinski definition) is 3. The van der Waals surface area contributed by atoms with E-state index in [1.807, 2.05) is 0 Å². The van der Waals surface area contributed by atoms with Crippen LogP contribution in [0, 0.1) is 13.8 Å². The van der Waals surface area contributed by atoms with Crippen LogP contribution in [0.5, 0.6) is 0 Å². The third kappa shape index (κ3) is 2.10. The number of nitrogens with one attached hydrogen (secondary N) is 2. The van der Waals surface area contributed by atoms with Crippen molar-refractivity contribution >= 4 is 10.0 Å². The van der Waals surface area contributed by atoms with E-state index in [4.69, 9.17) is 0 Å². The fourth-order valence-corrected chi connectivity index (χ4v) is 3.99. The summed E-state index contributed by atoms with van der Waals surface area (Å²) in [7, 11) is -3.61. The minimum atomic E-state index is -3.61. The van der Waals surface area contributed by atoms with Gasteiger partial charge in [0.05, 0.1) is 23.5 Å². The van der Waals surface area contributed by atoms with Crippen molar-refractivity contribution in [1.29, 1.82) is 0 Å². The summed E-state index contributed by atoms with van der Waals surface area (Å²) in [5.41, 5.74) is 0.291. The second-order valence-electron chi connectivity index (χ2n) is 4.66. The Bertz CT molecular complexity index is 492. The Balaban J connectivity index is 2.31. The first kappa shape index (κ1) is 12.5. The van der Waals surface area contributed by atoms with E-state index >= 15 is 0 Å². The zero-order valence-electron chi connectivity index (χ0n) is 9.95. The third-order valence-corrected chi connectivity index (χ3v) is 5.13. The number of sulfonamides is 1. The molecule has 0 bridgehead atoms. The van der Waals surface area contributed by atoms with E-state index in [1.165, 1.54) is 0 Å². The maximum Gasteiger partial charge on any atom is 0.244 e. The highest BCUT2D eigenvalue weighted by molar-refractivity contribution is 7.89. The summed E-state index contributed by atoms with van der Waals surface area (Å²) in [5, 5.41) is 15.8. The summed E-state index contributed by atoms with van der Waals surface area (Å²) in [5.74, 6) is 0. The molecule has 7 heteroatoms. The van der Waals surface area contributed by atoms with Crippen LogP contribution in [0.15, 0.2) is 4.90 Å². The number of H-pyrrole nitrogens is 1. The molecule has 0 radical (unpaired) electrons. The highest BCUT2D eigenvalue weighted by Crippen LogP contribution is 2.33. The van der Waals surface area contributed by atoms with Crippen molar-refractivity contribution in [3.63, 3.8) is 0 Å². The van der Waals surface area contributed by atoms with Crippen LogP contribution in [0.4, 0.5) is 0 Å². The number of aryl methyl sites for hydroxylation is 2. The number of nitrogens with zero attached hydrogens (tertiary/aromatic N) is 1. The van der Waals surface area contributed by atoms with Crippen LogP contribution in [0.2, 0.25) is 0 Å². The lowest BCUT2D eigenvalue weighted by Crippen LogP contribution is -2.56. The maximum atomic E-state index is 12.2. The molecule has 6 nitrogen and oxygen atoms in total. The molecule has 1 aromatic rings. The summed E-state index contributed by atoms with van der Waals surface area (Å²) >= 11 is 0. The van der Waals surface area contributed by atoms with Crippen molar-refractivity contribution in [2.75, 3.05) is 6.61 Å². The van der Waals surface area contributed by atoms with Crippen LogP contribution in [-0.4, -0.2) is 35.9 Å². The number of rotatable bonds is 4. The molecule has 17 heavy (non-hydrogen) atoms. The van der Waals surface area contributed by atoms with Gasteiger partial charge in [-0.15, -0.1) is 0 Å². The standard InChI is InChI=1S/C10H17N3O3S/c1-7-9(8(2)12-11-7)17(15,16)13-10(6-14)4-3-5-10/h13-14H,3-6H2,1-2H3,(H,11,12). The van der Waals surface area contributed by atoms with Gasteiger partial charge in [0.1, 0.15) is 4.90 Å². The van der Waals surface area contributed by atoms with E-state index in [1.54, 1.807) is 13.8 Å². The number of aromatic amines is 1. The number of hydrogen-bond acceptors (Lipinski definition) is 4. The molecule has 0 atom stereocenters. The molecule has 2 rings (SSSR count). The minimum absolute atomic E-state index is 0.165. The van der Waals surface area contributed by atoms with Crippen molar-refractivity contribution in [2.24, 2.45) is 0 Å². The molecule has 0 amide bonds. The van der Waals surface area contributed by atoms with Crippen molar-refractivity contribution < 1.29 is 13.5 Å². The van der Waals surface area contributed by atoms with Gasteiger partial charge in [0.25, 0.3) is 0 Å². The fraction of sp³-hybridized carbons (Fsp3) is 0.700. The summed E-state index contributed by atoms with van der Waals surface area (Å²) in [6.07, 6.45) is 2.30. The van der Waals surface area contributed by atoms with Crippen LogP contribution in [0.3, 0.4) is 0 Å². The lowest BCUT2D eigenvalue weighted by atomic mass is 9.78. The summed E-state index contributed by atoms with van der Waals surface area (Å²) in [6.45, 7) is 3.15. The molecule has 1 heterocycles. The van der Waals surface area contributed by atoms with E-state index in [2.05, 4.69) is 14.9 Å². The molecule has 1 aliphatic carbocycles. The number of aliphatic hydroxyl groups is 1. The monoisotopic (exact) mass is 259 g/mol. The molecular formula is C10H17N3O3S. The molecule has 0 aromatic carbocycles. The predicted molar refractivity (Wildman–Crippen MR) is 62.1 cm³/mol. The van der Waals surface area contributed by atoms with Crippen molar-refractivity contribution in [3.8, 4) is 0 Å².